The van der Waals surface area contributed by atoms with Gasteiger partial charge in [0.2, 0.25) is 0 Å². The molecule has 126 valence electrons. The fourth-order valence-electron chi connectivity index (χ4n) is 1.98. The van der Waals surface area contributed by atoms with E-state index in [2.05, 4.69) is 5.32 Å². The van der Waals surface area contributed by atoms with Crippen molar-refractivity contribution in [2.24, 2.45) is 0 Å². The van der Waals surface area contributed by atoms with Gasteiger partial charge in [0.1, 0.15) is 11.6 Å². The minimum atomic E-state index is -0.474. The molecule has 0 heterocycles. The maximum Gasteiger partial charge on any atom is 0.268 e. The minimum Gasteiger partial charge on any atom is -0.321 e. The zero-order chi connectivity index (χ0) is 18.1. The topological polar surface area (TPSA) is 70.0 Å². The average molecular weight is 368 g/mol. The van der Waals surface area contributed by atoms with Gasteiger partial charge < -0.3 is 5.32 Å². The third kappa shape index (κ3) is 5.52. The van der Waals surface area contributed by atoms with Gasteiger partial charge in [-0.05, 0) is 18.4 Å². The van der Waals surface area contributed by atoms with Crippen LogP contribution in [0.4, 0.5) is 5.69 Å². The number of para-hydroxylation sites is 1. The number of nitrogens with one attached hydrogen (secondary N) is 1. The quantitative estimate of drug-likeness (QED) is 0.447. The van der Waals surface area contributed by atoms with Gasteiger partial charge in [-0.15, -0.1) is 23.5 Å². The molecule has 0 fully saturated rings. The zero-order valence-corrected chi connectivity index (χ0v) is 15.2. The Kier molecular flexibility index (Phi) is 7.33. The van der Waals surface area contributed by atoms with Crippen molar-refractivity contribution < 1.29 is 9.59 Å². The van der Waals surface area contributed by atoms with Crippen LogP contribution >= 0.6 is 23.5 Å². The molecule has 0 spiro atoms. The Labute approximate surface area is 155 Å². The third-order valence-electron chi connectivity index (χ3n) is 3.19. The number of carbonyl (C=O) groups is 2. The number of hydrogen-bond acceptors (Lipinski definition) is 5. The lowest BCUT2D eigenvalue weighted by molar-refractivity contribution is -0.112. The predicted octanol–water partition coefficient (Wildman–Crippen LogP) is 4.34. The van der Waals surface area contributed by atoms with E-state index in [9.17, 15) is 14.9 Å². The van der Waals surface area contributed by atoms with Crippen LogP contribution in [-0.4, -0.2) is 23.7 Å². The largest absolute Gasteiger partial charge is 0.321 e. The van der Waals surface area contributed by atoms with Crippen LogP contribution in [0.3, 0.4) is 0 Å². The number of thioether (sulfide) groups is 2. The molecular formula is C19H16N2O2S2. The Morgan fingerprint density at radius 3 is 2.20 bits per heavy atom. The zero-order valence-electron chi connectivity index (χ0n) is 13.6. The van der Waals surface area contributed by atoms with Gasteiger partial charge in [0.25, 0.3) is 5.91 Å². The van der Waals surface area contributed by atoms with Gasteiger partial charge >= 0.3 is 0 Å². The first-order valence-corrected chi connectivity index (χ1v) is 9.62. The smallest absolute Gasteiger partial charge is 0.268 e. The summed E-state index contributed by atoms with van der Waals surface area (Å²) in [4.78, 5) is 24.6. The van der Waals surface area contributed by atoms with Crippen molar-refractivity contribution in [1.82, 2.24) is 0 Å². The summed E-state index contributed by atoms with van der Waals surface area (Å²) in [6.07, 6.45) is 1.78. The lowest BCUT2D eigenvalue weighted by Crippen LogP contribution is -2.14. The molecule has 0 aliphatic heterocycles. The highest BCUT2D eigenvalue weighted by Gasteiger charge is 2.17. The summed E-state index contributed by atoms with van der Waals surface area (Å²) in [5.41, 5.74) is 1.25. The first-order valence-electron chi connectivity index (χ1n) is 7.41. The van der Waals surface area contributed by atoms with E-state index in [1.165, 1.54) is 23.5 Å². The van der Waals surface area contributed by atoms with Gasteiger partial charge in [-0.1, -0.05) is 48.5 Å². The highest BCUT2D eigenvalue weighted by Crippen LogP contribution is 2.30. The number of rotatable bonds is 7. The standard InChI is InChI=1S/C19H16N2O2S2/c1-24-19(25-13-17(22)14-8-4-2-5-9-14)16(12-20)18(23)21-15-10-6-3-7-11-15/h2-11H,13H2,1H3,(H,21,23)/b19-16+. The fraction of sp³-hybridized carbons (Fsp3) is 0.105. The Hall–Kier alpha value is -2.49. The monoisotopic (exact) mass is 368 g/mol. The molecule has 0 aliphatic carbocycles. The fourth-order valence-corrected chi connectivity index (χ4v) is 3.68. The lowest BCUT2D eigenvalue weighted by Gasteiger charge is -2.08. The number of nitrogens with zero attached hydrogens (tertiary/aromatic N) is 1. The van der Waals surface area contributed by atoms with Crippen molar-refractivity contribution in [2.45, 2.75) is 0 Å². The summed E-state index contributed by atoms with van der Waals surface area (Å²) in [6, 6.07) is 19.8. The van der Waals surface area contributed by atoms with Crippen molar-refractivity contribution >= 4 is 40.9 Å². The average Bonchev–Trinajstić information content (AvgIpc) is 2.66. The molecule has 2 rings (SSSR count). The Morgan fingerprint density at radius 2 is 1.64 bits per heavy atom. The van der Waals surface area contributed by atoms with E-state index in [1.54, 1.807) is 54.8 Å². The van der Waals surface area contributed by atoms with Gasteiger partial charge in [-0.25, -0.2) is 0 Å². The van der Waals surface area contributed by atoms with Crippen LogP contribution in [0.25, 0.3) is 0 Å². The summed E-state index contributed by atoms with van der Waals surface area (Å²) in [5, 5.41) is 12.1. The maximum absolute atomic E-state index is 12.4. The summed E-state index contributed by atoms with van der Waals surface area (Å²) >= 11 is 2.49. The number of hydrogen-bond donors (Lipinski definition) is 1. The van der Waals surface area contributed by atoms with Gasteiger partial charge in [0, 0.05) is 11.3 Å². The van der Waals surface area contributed by atoms with Gasteiger partial charge in [-0.2, -0.15) is 5.26 Å². The Balaban J connectivity index is 2.10. The summed E-state index contributed by atoms with van der Waals surface area (Å²) < 4.78 is 0.528. The first kappa shape index (κ1) is 18.8. The third-order valence-corrected chi connectivity index (χ3v) is 5.49. The number of ketones is 1. The van der Waals surface area contributed by atoms with Crippen LogP contribution in [0, 0.1) is 11.3 Å². The van der Waals surface area contributed by atoms with Crippen molar-refractivity contribution in [3.63, 3.8) is 0 Å². The molecule has 2 aromatic carbocycles. The molecule has 0 bridgehead atoms. The van der Waals surface area contributed by atoms with E-state index in [-0.39, 0.29) is 17.1 Å². The van der Waals surface area contributed by atoms with E-state index in [1.807, 2.05) is 18.2 Å². The molecule has 25 heavy (non-hydrogen) atoms. The summed E-state index contributed by atoms with van der Waals surface area (Å²) in [7, 11) is 0. The minimum absolute atomic E-state index is 0.0159. The summed E-state index contributed by atoms with van der Waals surface area (Å²) in [6.45, 7) is 0. The molecule has 0 aliphatic rings. The molecule has 0 saturated carbocycles. The molecular weight excluding hydrogens is 352 g/mol. The van der Waals surface area contributed by atoms with Gasteiger partial charge in [-0.3, -0.25) is 9.59 Å². The van der Waals surface area contributed by atoms with Crippen LogP contribution in [-0.2, 0) is 4.79 Å². The highest BCUT2D eigenvalue weighted by molar-refractivity contribution is 8.22. The second kappa shape index (κ2) is 9.72. The van der Waals surface area contributed by atoms with E-state index in [0.29, 0.717) is 15.5 Å². The van der Waals surface area contributed by atoms with E-state index in [0.717, 1.165) is 0 Å². The van der Waals surface area contributed by atoms with Crippen LogP contribution in [0.2, 0.25) is 0 Å². The van der Waals surface area contributed by atoms with E-state index >= 15 is 0 Å². The SMILES string of the molecule is CS/C(SCC(=O)c1ccccc1)=C(/C#N)C(=O)Nc1ccccc1. The molecule has 1 N–H and O–H groups in total. The molecule has 0 radical (unpaired) electrons. The van der Waals surface area contributed by atoms with E-state index < -0.39 is 5.91 Å². The van der Waals surface area contributed by atoms with Crippen molar-refractivity contribution in [3.8, 4) is 6.07 Å². The summed E-state index contributed by atoms with van der Waals surface area (Å²) in [5.74, 6) is -0.347. The van der Waals surface area contributed by atoms with Crippen LogP contribution in [0.1, 0.15) is 10.4 Å². The maximum atomic E-state index is 12.4. The van der Waals surface area contributed by atoms with Crippen molar-refractivity contribution in [1.29, 1.82) is 5.26 Å². The number of amides is 1. The van der Waals surface area contributed by atoms with Crippen molar-refractivity contribution in [3.05, 3.63) is 76.0 Å². The van der Waals surface area contributed by atoms with Crippen molar-refractivity contribution in [2.75, 3.05) is 17.3 Å². The molecule has 4 nitrogen and oxygen atoms in total. The van der Waals surface area contributed by atoms with Gasteiger partial charge in [0.15, 0.2) is 5.78 Å². The van der Waals surface area contributed by atoms with Gasteiger partial charge in [0.05, 0.1) is 9.99 Å². The van der Waals surface area contributed by atoms with E-state index in [4.69, 9.17) is 0 Å². The van der Waals surface area contributed by atoms with Crippen LogP contribution < -0.4 is 5.32 Å². The molecule has 6 heteroatoms. The first-order chi connectivity index (χ1) is 12.2. The van der Waals surface area contributed by atoms with Crippen LogP contribution in [0.5, 0.6) is 0 Å². The number of nitriles is 1. The highest BCUT2D eigenvalue weighted by atomic mass is 32.2. The lowest BCUT2D eigenvalue weighted by atomic mass is 10.2. The molecule has 0 aromatic heterocycles. The number of benzene rings is 2. The molecule has 1 amide bonds. The molecule has 0 saturated heterocycles. The second-order valence-corrected chi connectivity index (χ2v) is 6.94. The predicted molar refractivity (Wildman–Crippen MR) is 104 cm³/mol. The molecule has 0 unspecified atom stereocenters. The number of Topliss-reactive ketones (excluding diaryl/α,β-unsaturated/α-hetero) is 1. The number of anilines is 1. The second-order valence-electron chi connectivity index (χ2n) is 4.88. The van der Waals surface area contributed by atoms with Crippen LogP contribution in [0.15, 0.2) is 70.5 Å². The molecule has 2 aromatic rings. The number of carbonyl (C=O) groups excluding carboxylic acids is 2. The Bertz CT molecular complexity index is 812. The Morgan fingerprint density at radius 1 is 1.04 bits per heavy atom. The molecule has 0 atom stereocenters. The normalized spacial score (nSPS) is 11.2.